The van der Waals surface area contributed by atoms with Gasteiger partial charge in [-0.15, -0.1) is 0 Å². The number of nitro groups is 1. The number of carbonyl (C=O) groups excluding carboxylic acids is 3. The van der Waals surface area contributed by atoms with Crippen LogP contribution in [0.15, 0.2) is 52.5 Å². The summed E-state index contributed by atoms with van der Waals surface area (Å²) in [6.07, 6.45) is 1.43. The van der Waals surface area contributed by atoms with E-state index in [1.807, 2.05) is 13.8 Å². The Morgan fingerprint density at radius 2 is 1.78 bits per heavy atom. The van der Waals surface area contributed by atoms with Crippen LogP contribution in [0.2, 0.25) is 0 Å². The van der Waals surface area contributed by atoms with Crippen molar-refractivity contribution >= 4 is 51.2 Å². The number of benzene rings is 2. The number of amides is 4. The van der Waals surface area contributed by atoms with Crippen molar-refractivity contribution in [1.29, 1.82) is 0 Å². The van der Waals surface area contributed by atoms with Crippen LogP contribution < -0.4 is 15.0 Å². The molecular weight excluding hydrogens is 532 g/mol. The largest absolute Gasteiger partial charge is 0.494 e. The maximum Gasteiger partial charge on any atom is 0.335 e. The van der Waals surface area contributed by atoms with Crippen LogP contribution in [0.5, 0.6) is 5.75 Å². The topological polar surface area (TPSA) is 124 Å². The van der Waals surface area contributed by atoms with Crippen LogP contribution >= 0.6 is 15.9 Å². The second-order valence-corrected chi connectivity index (χ2v) is 9.02. The van der Waals surface area contributed by atoms with Gasteiger partial charge in [-0.05, 0) is 68.3 Å². The van der Waals surface area contributed by atoms with E-state index < -0.39 is 22.8 Å². The number of aromatic nitrogens is 1. The lowest BCUT2D eigenvalue weighted by molar-refractivity contribution is -0.384. The van der Waals surface area contributed by atoms with Crippen LogP contribution in [0.25, 0.3) is 11.8 Å². The third kappa shape index (κ3) is 4.29. The molecule has 0 aliphatic carbocycles. The highest BCUT2D eigenvalue weighted by Crippen LogP contribution is 2.33. The minimum Gasteiger partial charge on any atom is -0.494 e. The van der Waals surface area contributed by atoms with Crippen LogP contribution in [-0.2, 0) is 9.59 Å². The van der Waals surface area contributed by atoms with E-state index in [1.165, 1.54) is 25.3 Å². The van der Waals surface area contributed by atoms with Crippen molar-refractivity contribution in [3.8, 4) is 11.4 Å². The summed E-state index contributed by atoms with van der Waals surface area (Å²) in [4.78, 5) is 50.0. The number of nitrogens with one attached hydrogen (secondary N) is 1. The monoisotopic (exact) mass is 552 g/mol. The summed E-state index contributed by atoms with van der Waals surface area (Å²) >= 11 is 3.39. The minimum atomic E-state index is -0.829. The summed E-state index contributed by atoms with van der Waals surface area (Å²) in [6, 6.07) is 10.2. The summed E-state index contributed by atoms with van der Waals surface area (Å²) < 4.78 is 8.00. The summed E-state index contributed by atoms with van der Waals surface area (Å²) in [6.45, 7) is 5.43. The van der Waals surface area contributed by atoms with E-state index in [1.54, 1.807) is 41.8 Å². The maximum atomic E-state index is 13.3. The second kappa shape index (κ2) is 9.42. The predicted molar refractivity (Wildman–Crippen MR) is 136 cm³/mol. The first kappa shape index (κ1) is 24.9. The fourth-order valence-electron chi connectivity index (χ4n) is 4.08. The Kier molecular flexibility index (Phi) is 6.51. The third-order valence-electron chi connectivity index (χ3n) is 5.89. The Bertz CT molecular complexity index is 1490. The van der Waals surface area contributed by atoms with E-state index in [9.17, 15) is 24.5 Å². The van der Waals surface area contributed by atoms with Gasteiger partial charge in [0.2, 0.25) is 0 Å². The zero-order valence-corrected chi connectivity index (χ0v) is 21.4. The van der Waals surface area contributed by atoms with E-state index in [4.69, 9.17) is 4.74 Å². The van der Waals surface area contributed by atoms with Gasteiger partial charge in [-0.1, -0.05) is 15.9 Å². The van der Waals surface area contributed by atoms with Crippen molar-refractivity contribution in [2.75, 3.05) is 12.0 Å². The molecule has 1 aromatic heterocycles. The first-order chi connectivity index (χ1) is 17.0. The highest BCUT2D eigenvalue weighted by Gasteiger charge is 2.37. The molecule has 1 saturated heterocycles. The van der Waals surface area contributed by atoms with E-state index >= 15 is 0 Å². The summed E-state index contributed by atoms with van der Waals surface area (Å²) in [7, 11) is 1.42. The SMILES string of the molecule is COc1cc([N+](=O)[O-])ccc1-n1c(C)cc(/C=C2\C(=O)NC(=O)N(c3ccc(Br)c(C)c3)C2=O)c1C. The molecule has 184 valence electrons. The number of carbonyl (C=O) groups is 3. The van der Waals surface area contributed by atoms with Gasteiger partial charge in [0.15, 0.2) is 0 Å². The molecule has 1 N–H and O–H groups in total. The van der Waals surface area contributed by atoms with Gasteiger partial charge in [-0.2, -0.15) is 0 Å². The first-order valence-electron chi connectivity index (χ1n) is 10.7. The van der Waals surface area contributed by atoms with Crippen LogP contribution in [0.3, 0.4) is 0 Å². The number of halogens is 1. The normalized spacial score (nSPS) is 14.9. The molecule has 2 aromatic carbocycles. The molecule has 1 aliphatic rings. The maximum absolute atomic E-state index is 13.3. The number of barbiturate groups is 1. The van der Waals surface area contributed by atoms with Crippen LogP contribution in [0.4, 0.5) is 16.2 Å². The minimum absolute atomic E-state index is 0.113. The number of hydrogen-bond donors (Lipinski definition) is 1. The molecule has 4 amide bonds. The molecule has 0 bridgehead atoms. The molecule has 36 heavy (non-hydrogen) atoms. The molecule has 10 nitrogen and oxygen atoms in total. The summed E-state index contributed by atoms with van der Waals surface area (Å²) in [5, 5.41) is 13.4. The van der Waals surface area contributed by atoms with Crippen LogP contribution in [0, 0.1) is 30.9 Å². The average Bonchev–Trinajstić information content (AvgIpc) is 3.10. The first-order valence-corrected chi connectivity index (χ1v) is 11.5. The number of imide groups is 2. The van der Waals surface area contributed by atoms with Crippen LogP contribution in [-0.4, -0.2) is 34.4 Å². The number of non-ortho nitro benzene ring substituents is 1. The molecule has 1 aliphatic heterocycles. The lowest BCUT2D eigenvalue weighted by atomic mass is 10.1. The zero-order valence-electron chi connectivity index (χ0n) is 19.8. The van der Waals surface area contributed by atoms with Gasteiger partial charge in [0, 0.05) is 21.9 Å². The number of aryl methyl sites for hydroxylation is 2. The Morgan fingerprint density at radius 3 is 2.42 bits per heavy atom. The molecule has 0 spiro atoms. The zero-order chi connectivity index (χ0) is 26.3. The fraction of sp³-hybridized carbons (Fsp3) is 0.160. The van der Waals surface area contributed by atoms with Gasteiger partial charge in [-0.25, -0.2) is 9.69 Å². The number of rotatable bonds is 5. The molecule has 1 fully saturated rings. The third-order valence-corrected chi connectivity index (χ3v) is 6.78. The standard InChI is InChI=1S/C25H21BrN4O6/c1-13-9-17(5-7-20(13)26)29-24(32)19(23(31)27-25(29)33)11-16-10-14(2)28(15(16)3)21-8-6-18(30(34)35)12-22(21)36-4/h5-12H,1-4H3,(H,27,31,33)/b19-11+. The second-order valence-electron chi connectivity index (χ2n) is 8.17. The van der Waals surface area contributed by atoms with Crippen molar-refractivity contribution in [2.45, 2.75) is 20.8 Å². The molecular formula is C25H21BrN4O6. The van der Waals surface area contributed by atoms with Crippen molar-refractivity contribution < 1.29 is 24.0 Å². The van der Waals surface area contributed by atoms with Gasteiger partial charge in [0.05, 0.1) is 29.5 Å². The molecule has 11 heteroatoms. The number of nitrogens with zero attached hydrogens (tertiary/aromatic N) is 3. The van der Waals surface area contributed by atoms with Crippen molar-refractivity contribution in [2.24, 2.45) is 0 Å². The molecule has 0 unspecified atom stereocenters. The van der Waals surface area contributed by atoms with E-state index in [0.717, 1.165) is 20.6 Å². The molecule has 3 aromatic rings. The Labute approximate surface area is 214 Å². The molecule has 0 atom stereocenters. The lowest BCUT2D eigenvalue weighted by Gasteiger charge is -2.26. The van der Waals surface area contributed by atoms with Gasteiger partial charge in [0.25, 0.3) is 17.5 Å². The lowest BCUT2D eigenvalue weighted by Crippen LogP contribution is -2.54. The molecule has 0 radical (unpaired) electrons. The van der Waals surface area contributed by atoms with Gasteiger partial charge in [0.1, 0.15) is 11.3 Å². The molecule has 0 saturated carbocycles. The average molecular weight is 553 g/mol. The Hall–Kier alpha value is -4.25. The molecule has 2 heterocycles. The summed E-state index contributed by atoms with van der Waals surface area (Å²) in [5.74, 6) is -1.25. The van der Waals surface area contributed by atoms with Crippen molar-refractivity contribution in [3.63, 3.8) is 0 Å². The highest BCUT2D eigenvalue weighted by atomic mass is 79.9. The Balaban J connectivity index is 1.78. The number of methoxy groups -OCH3 is 1. The van der Waals surface area contributed by atoms with Crippen LogP contribution in [0.1, 0.15) is 22.5 Å². The molecule has 4 rings (SSSR count). The van der Waals surface area contributed by atoms with E-state index in [2.05, 4.69) is 21.2 Å². The quantitative estimate of drug-likeness (QED) is 0.211. The van der Waals surface area contributed by atoms with Gasteiger partial charge < -0.3 is 9.30 Å². The fourth-order valence-corrected chi connectivity index (χ4v) is 4.33. The smallest absolute Gasteiger partial charge is 0.335 e. The number of hydrogen-bond acceptors (Lipinski definition) is 6. The number of anilines is 1. The van der Waals surface area contributed by atoms with Crippen molar-refractivity contribution in [1.82, 2.24) is 9.88 Å². The number of urea groups is 1. The summed E-state index contributed by atoms with van der Waals surface area (Å²) in [5.41, 5.74) is 3.36. The van der Waals surface area contributed by atoms with E-state index in [-0.39, 0.29) is 11.3 Å². The van der Waals surface area contributed by atoms with Gasteiger partial charge in [-0.3, -0.25) is 25.0 Å². The number of nitro benzene ring substituents is 1. The highest BCUT2D eigenvalue weighted by molar-refractivity contribution is 9.10. The number of ether oxygens (including phenoxy) is 1. The van der Waals surface area contributed by atoms with Crippen molar-refractivity contribution in [3.05, 3.63) is 85.1 Å². The Morgan fingerprint density at radius 1 is 1.06 bits per heavy atom. The predicted octanol–water partition coefficient (Wildman–Crippen LogP) is 4.75. The van der Waals surface area contributed by atoms with Gasteiger partial charge >= 0.3 is 6.03 Å². The van der Waals surface area contributed by atoms with E-state index in [0.29, 0.717) is 28.4 Å².